The van der Waals surface area contributed by atoms with Crippen molar-refractivity contribution in [2.75, 3.05) is 25.5 Å². The van der Waals surface area contributed by atoms with Crippen LogP contribution in [-0.4, -0.2) is 38.8 Å². The van der Waals surface area contributed by atoms with E-state index in [9.17, 15) is 13.2 Å². The molecule has 0 bridgehead atoms. The van der Waals surface area contributed by atoms with Crippen molar-refractivity contribution in [1.29, 1.82) is 0 Å². The van der Waals surface area contributed by atoms with Crippen LogP contribution in [0.4, 0.5) is 5.69 Å². The SMILES string of the molecule is COc1ccc(S(=O)(=O)N2CCCCC2)cc1NC(=O)c1oc2ccccc2c1C. The van der Waals surface area contributed by atoms with Crippen molar-refractivity contribution >= 4 is 32.6 Å². The fourth-order valence-corrected chi connectivity index (χ4v) is 5.31. The number of benzene rings is 2. The molecule has 1 N–H and O–H groups in total. The second kappa shape index (κ2) is 8.12. The standard InChI is InChI=1S/C22H24N2O5S/c1-15-17-8-4-5-9-19(17)29-21(15)22(25)23-18-14-16(10-11-20(18)28-2)30(26,27)24-12-6-3-7-13-24/h4-5,8-11,14H,3,6-7,12-13H2,1-2H3,(H,23,25). The lowest BCUT2D eigenvalue weighted by Gasteiger charge is -2.26. The Balaban J connectivity index is 1.66. The lowest BCUT2D eigenvalue weighted by atomic mass is 10.1. The van der Waals surface area contributed by atoms with Crippen molar-refractivity contribution in [3.05, 3.63) is 53.8 Å². The monoisotopic (exact) mass is 428 g/mol. The van der Waals surface area contributed by atoms with Crippen LogP contribution in [-0.2, 0) is 10.0 Å². The minimum atomic E-state index is -3.64. The number of aryl methyl sites for hydroxylation is 1. The molecule has 7 nitrogen and oxygen atoms in total. The molecular weight excluding hydrogens is 404 g/mol. The Hall–Kier alpha value is -2.84. The zero-order chi connectivity index (χ0) is 21.3. The number of methoxy groups -OCH3 is 1. The number of hydrogen-bond donors (Lipinski definition) is 1. The van der Waals surface area contributed by atoms with E-state index < -0.39 is 15.9 Å². The second-order valence-corrected chi connectivity index (χ2v) is 9.27. The molecule has 0 atom stereocenters. The summed E-state index contributed by atoms with van der Waals surface area (Å²) in [5.41, 5.74) is 1.62. The molecule has 1 amide bonds. The minimum absolute atomic E-state index is 0.127. The van der Waals surface area contributed by atoms with E-state index in [0.717, 1.165) is 30.2 Å². The first-order valence-electron chi connectivity index (χ1n) is 9.89. The first-order valence-corrected chi connectivity index (χ1v) is 11.3. The number of carbonyl (C=O) groups excluding carboxylic acids is 1. The van der Waals surface area contributed by atoms with Gasteiger partial charge in [-0.2, -0.15) is 4.31 Å². The van der Waals surface area contributed by atoms with Gasteiger partial charge in [0.1, 0.15) is 11.3 Å². The molecule has 3 aromatic rings. The number of ether oxygens (including phenoxy) is 1. The van der Waals surface area contributed by atoms with Crippen LogP contribution >= 0.6 is 0 Å². The summed E-state index contributed by atoms with van der Waals surface area (Å²) in [6, 6.07) is 11.9. The normalized spacial score (nSPS) is 15.3. The Kier molecular flexibility index (Phi) is 5.53. The number of fused-ring (bicyclic) bond motifs is 1. The van der Waals surface area contributed by atoms with Crippen molar-refractivity contribution < 1.29 is 22.4 Å². The fourth-order valence-electron chi connectivity index (χ4n) is 3.77. The molecule has 1 aliphatic rings. The topological polar surface area (TPSA) is 88.9 Å². The highest BCUT2D eigenvalue weighted by Crippen LogP contribution is 2.31. The van der Waals surface area contributed by atoms with Crippen LogP contribution in [0.25, 0.3) is 11.0 Å². The van der Waals surface area contributed by atoms with E-state index in [1.807, 2.05) is 25.1 Å². The third kappa shape index (κ3) is 3.68. The summed E-state index contributed by atoms with van der Waals surface area (Å²) in [5, 5.41) is 3.61. The molecule has 0 unspecified atom stereocenters. The number of anilines is 1. The third-order valence-electron chi connectivity index (χ3n) is 5.42. The number of nitrogens with zero attached hydrogens (tertiary/aromatic N) is 1. The van der Waals surface area contributed by atoms with Crippen LogP contribution in [0.15, 0.2) is 51.8 Å². The van der Waals surface area contributed by atoms with Crippen molar-refractivity contribution in [2.45, 2.75) is 31.1 Å². The summed E-state index contributed by atoms with van der Waals surface area (Å²) in [4.78, 5) is 13.0. The van der Waals surface area contributed by atoms with Crippen molar-refractivity contribution in [3.8, 4) is 5.75 Å². The Labute approximate surface area is 175 Å². The van der Waals surface area contributed by atoms with Crippen LogP contribution in [0.1, 0.15) is 35.4 Å². The van der Waals surface area contributed by atoms with Crippen molar-refractivity contribution in [2.24, 2.45) is 0 Å². The molecule has 0 aliphatic carbocycles. The number of carbonyl (C=O) groups is 1. The van der Waals surface area contributed by atoms with Crippen LogP contribution in [0.2, 0.25) is 0 Å². The van der Waals surface area contributed by atoms with E-state index in [-0.39, 0.29) is 16.3 Å². The Morgan fingerprint density at radius 2 is 1.83 bits per heavy atom. The molecule has 8 heteroatoms. The van der Waals surface area contributed by atoms with Crippen LogP contribution in [0.3, 0.4) is 0 Å². The van der Waals surface area contributed by atoms with Gasteiger partial charge in [-0.15, -0.1) is 0 Å². The zero-order valence-corrected chi connectivity index (χ0v) is 17.8. The second-order valence-electron chi connectivity index (χ2n) is 7.33. The van der Waals surface area contributed by atoms with Gasteiger partial charge in [0, 0.05) is 24.0 Å². The molecule has 1 fully saturated rings. The maximum absolute atomic E-state index is 13.0. The van der Waals surface area contributed by atoms with E-state index in [0.29, 0.717) is 24.4 Å². The Bertz CT molecular complexity index is 1190. The summed E-state index contributed by atoms with van der Waals surface area (Å²) in [6.07, 6.45) is 2.74. The highest BCUT2D eigenvalue weighted by atomic mass is 32.2. The molecule has 0 spiro atoms. The van der Waals surface area contributed by atoms with Gasteiger partial charge >= 0.3 is 0 Å². The first kappa shape index (κ1) is 20.4. The van der Waals surface area contributed by atoms with Gasteiger partial charge in [0.15, 0.2) is 5.76 Å². The largest absolute Gasteiger partial charge is 0.495 e. The average Bonchev–Trinajstić information content (AvgIpc) is 3.11. The highest BCUT2D eigenvalue weighted by Gasteiger charge is 2.27. The predicted molar refractivity (Wildman–Crippen MR) is 115 cm³/mol. The Morgan fingerprint density at radius 3 is 2.53 bits per heavy atom. The highest BCUT2D eigenvalue weighted by molar-refractivity contribution is 7.89. The zero-order valence-electron chi connectivity index (χ0n) is 17.0. The smallest absolute Gasteiger partial charge is 0.291 e. The van der Waals surface area contributed by atoms with Gasteiger partial charge in [-0.3, -0.25) is 4.79 Å². The number of amides is 1. The van der Waals surface area contributed by atoms with Gasteiger partial charge in [-0.25, -0.2) is 8.42 Å². The summed E-state index contributed by atoms with van der Waals surface area (Å²) in [5.74, 6) is 0.0896. The summed E-state index contributed by atoms with van der Waals surface area (Å²) >= 11 is 0. The summed E-state index contributed by atoms with van der Waals surface area (Å²) in [7, 11) is -2.17. The van der Waals surface area contributed by atoms with E-state index in [1.165, 1.54) is 23.5 Å². The van der Waals surface area contributed by atoms with Crippen LogP contribution < -0.4 is 10.1 Å². The molecule has 2 heterocycles. The molecule has 0 saturated carbocycles. The molecule has 0 radical (unpaired) electrons. The summed E-state index contributed by atoms with van der Waals surface area (Å²) in [6.45, 7) is 2.83. The predicted octanol–water partition coefficient (Wildman–Crippen LogP) is 4.18. The molecule has 158 valence electrons. The van der Waals surface area contributed by atoms with Gasteiger partial charge in [-0.05, 0) is 44.0 Å². The van der Waals surface area contributed by atoms with Gasteiger partial charge in [-0.1, -0.05) is 24.6 Å². The third-order valence-corrected chi connectivity index (χ3v) is 7.32. The lowest BCUT2D eigenvalue weighted by Crippen LogP contribution is -2.35. The number of para-hydroxylation sites is 1. The van der Waals surface area contributed by atoms with Gasteiger partial charge < -0.3 is 14.5 Å². The minimum Gasteiger partial charge on any atom is -0.495 e. The van der Waals surface area contributed by atoms with E-state index >= 15 is 0 Å². The maximum atomic E-state index is 13.0. The molecule has 1 aromatic heterocycles. The van der Waals surface area contributed by atoms with Crippen LogP contribution in [0.5, 0.6) is 5.75 Å². The number of hydrogen-bond acceptors (Lipinski definition) is 5. The molecular formula is C22H24N2O5S. The fraction of sp³-hybridized carbons (Fsp3) is 0.318. The van der Waals surface area contributed by atoms with E-state index in [2.05, 4.69) is 5.32 Å². The number of sulfonamides is 1. The van der Waals surface area contributed by atoms with Gasteiger partial charge in [0.05, 0.1) is 17.7 Å². The molecule has 1 saturated heterocycles. The number of nitrogens with one attached hydrogen (secondary N) is 1. The number of furan rings is 1. The molecule has 1 aliphatic heterocycles. The quantitative estimate of drug-likeness (QED) is 0.659. The maximum Gasteiger partial charge on any atom is 0.291 e. The van der Waals surface area contributed by atoms with E-state index in [4.69, 9.17) is 9.15 Å². The summed E-state index contributed by atoms with van der Waals surface area (Å²) < 4.78 is 38.6. The van der Waals surface area contributed by atoms with Gasteiger partial charge in [0.2, 0.25) is 10.0 Å². The Morgan fingerprint density at radius 1 is 1.10 bits per heavy atom. The van der Waals surface area contributed by atoms with E-state index in [1.54, 1.807) is 12.1 Å². The van der Waals surface area contributed by atoms with Crippen LogP contribution in [0, 0.1) is 6.92 Å². The molecule has 2 aromatic carbocycles. The number of rotatable bonds is 5. The molecule has 30 heavy (non-hydrogen) atoms. The number of piperidine rings is 1. The lowest BCUT2D eigenvalue weighted by molar-refractivity contribution is 0.0997. The van der Waals surface area contributed by atoms with Crippen molar-refractivity contribution in [1.82, 2.24) is 4.31 Å². The van der Waals surface area contributed by atoms with Crippen molar-refractivity contribution in [3.63, 3.8) is 0 Å². The first-order chi connectivity index (χ1) is 14.4. The van der Waals surface area contributed by atoms with Gasteiger partial charge in [0.25, 0.3) is 5.91 Å². The molecule has 4 rings (SSSR count). The average molecular weight is 429 g/mol.